The van der Waals surface area contributed by atoms with Crippen molar-refractivity contribution in [1.29, 1.82) is 0 Å². The van der Waals surface area contributed by atoms with Gasteiger partial charge in [-0.2, -0.15) is 0 Å². The van der Waals surface area contributed by atoms with E-state index in [1.54, 1.807) is 6.07 Å². The largest absolute Gasteiger partial charge is 0.324 e. The number of amides is 3. The van der Waals surface area contributed by atoms with Crippen molar-refractivity contribution < 1.29 is 14.4 Å². The van der Waals surface area contributed by atoms with Crippen LogP contribution in [-0.4, -0.2) is 28.7 Å². The van der Waals surface area contributed by atoms with Crippen LogP contribution in [0.2, 0.25) is 0 Å². The number of hydrogen-bond donors (Lipinski definition) is 1. The van der Waals surface area contributed by atoms with Gasteiger partial charge in [-0.1, -0.05) is 78.3 Å². The summed E-state index contributed by atoms with van der Waals surface area (Å²) in [5.74, 6) is -3.60. The maximum absolute atomic E-state index is 14.3. The molecule has 0 aromatic heterocycles. The first-order valence-corrected chi connectivity index (χ1v) is 14.1. The second kappa shape index (κ2) is 8.67. The summed E-state index contributed by atoms with van der Waals surface area (Å²) in [5, 5.41) is 2.94. The highest BCUT2D eigenvalue weighted by atomic mass is 79.9. The van der Waals surface area contributed by atoms with Crippen molar-refractivity contribution in [1.82, 2.24) is 4.90 Å². The van der Waals surface area contributed by atoms with E-state index in [0.717, 1.165) is 37.2 Å². The first-order valence-electron chi connectivity index (χ1n) is 12.5. The number of nitrogens with one attached hydrogen (secondary N) is 1. The number of nitrogens with zero attached hydrogens (tertiary/aromatic N) is 1. The van der Waals surface area contributed by atoms with Crippen LogP contribution in [0.15, 0.2) is 71.2 Å². The molecule has 0 radical (unpaired) electrons. The third-order valence-electron chi connectivity index (χ3n) is 8.24. The number of benzene rings is 3. The molecule has 3 amide bonds. The van der Waals surface area contributed by atoms with Crippen LogP contribution in [0.4, 0.5) is 5.69 Å². The van der Waals surface area contributed by atoms with Gasteiger partial charge in [0, 0.05) is 10.2 Å². The second-order valence-electron chi connectivity index (χ2n) is 10.7. The van der Waals surface area contributed by atoms with E-state index in [4.69, 9.17) is 23.2 Å². The summed E-state index contributed by atoms with van der Waals surface area (Å²) < 4.78 is 0.886. The number of anilines is 1. The van der Waals surface area contributed by atoms with E-state index in [9.17, 15) is 14.4 Å². The Bertz CT molecular complexity index is 1420. The molecule has 194 valence electrons. The lowest BCUT2D eigenvalue weighted by molar-refractivity contribution is -0.148. The van der Waals surface area contributed by atoms with Gasteiger partial charge >= 0.3 is 0 Å². The third kappa shape index (κ3) is 3.20. The number of carbonyl (C=O) groups is 3. The summed E-state index contributed by atoms with van der Waals surface area (Å²) in [6.07, 6.45) is 0. The molecule has 1 heterocycles. The van der Waals surface area contributed by atoms with Crippen molar-refractivity contribution in [3.05, 3.63) is 99.0 Å². The summed E-state index contributed by atoms with van der Waals surface area (Å²) in [6, 6.07) is 19.5. The summed E-state index contributed by atoms with van der Waals surface area (Å²) in [5.41, 5.74) is 4.40. The molecule has 3 aliphatic carbocycles. The fourth-order valence-corrected chi connectivity index (χ4v) is 8.23. The van der Waals surface area contributed by atoms with E-state index in [1.807, 2.05) is 81.4 Å². The average molecular weight is 612 g/mol. The fraction of sp³-hybridized carbons (Fsp3) is 0.300. The van der Waals surface area contributed by atoms with Crippen LogP contribution in [0.3, 0.4) is 0 Å². The van der Waals surface area contributed by atoms with Crippen molar-refractivity contribution in [2.45, 2.75) is 36.6 Å². The molecule has 38 heavy (non-hydrogen) atoms. The Kier molecular flexibility index (Phi) is 5.84. The van der Waals surface area contributed by atoms with E-state index in [0.29, 0.717) is 5.69 Å². The number of halogens is 3. The van der Waals surface area contributed by atoms with E-state index in [1.165, 1.54) is 0 Å². The van der Waals surface area contributed by atoms with E-state index < -0.39 is 45.3 Å². The Balaban J connectivity index is 1.48. The molecule has 3 aromatic carbocycles. The number of carbonyl (C=O) groups excluding carboxylic acids is 3. The van der Waals surface area contributed by atoms with Gasteiger partial charge in [-0.15, -0.1) is 23.2 Å². The SMILES string of the molecule is Cc1cc(Br)ccc1NC(=O)[C@H](C(C)C)N1C(=O)[C@@H]2[C@H](C1=O)C1(Cl)c3ccccc3C2(Cl)c2ccccc21. The Labute approximate surface area is 239 Å². The van der Waals surface area contributed by atoms with Gasteiger partial charge in [0.1, 0.15) is 15.8 Å². The number of alkyl halides is 2. The van der Waals surface area contributed by atoms with Gasteiger partial charge in [-0.3, -0.25) is 19.3 Å². The lowest BCUT2D eigenvalue weighted by Crippen LogP contribution is -2.57. The van der Waals surface area contributed by atoms with Crippen molar-refractivity contribution in [2.24, 2.45) is 17.8 Å². The molecule has 1 aliphatic heterocycles. The molecule has 0 unspecified atom stereocenters. The van der Waals surface area contributed by atoms with Gasteiger partial charge in [-0.05, 0) is 58.9 Å². The maximum Gasteiger partial charge on any atom is 0.247 e. The molecular formula is C30H25BrCl2N2O3. The number of rotatable bonds is 4. The van der Waals surface area contributed by atoms with Gasteiger partial charge in [0.2, 0.25) is 17.7 Å². The van der Waals surface area contributed by atoms with E-state index in [-0.39, 0.29) is 5.92 Å². The summed E-state index contributed by atoms with van der Waals surface area (Å²) >= 11 is 18.5. The second-order valence-corrected chi connectivity index (χ2v) is 12.8. The predicted molar refractivity (Wildman–Crippen MR) is 151 cm³/mol. The minimum absolute atomic E-state index is 0.348. The molecule has 2 bridgehead atoms. The predicted octanol–water partition coefficient (Wildman–Crippen LogP) is 6.31. The topological polar surface area (TPSA) is 66.5 Å². The Morgan fingerprint density at radius 2 is 1.32 bits per heavy atom. The van der Waals surface area contributed by atoms with Gasteiger partial charge in [0.15, 0.2) is 0 Å². The average Bonchev–Trinajstić information content (AvgIpc) is 3.15. The minimum Gasteiger partial charge on any atom is -0.324 e. The summed E-state index contributed by atoms with van der Waals surface area (Å²) in [6.45, 7) is 5.53. The van der Waals surface area contributed by atoms with Crippen LogP contribution < -0.4 is 5.32 Å². The zero-order valence-electron chi connectivity index (χ0n) is 21.0. The molecule has 8 heteroatoms. The highest BCUT2D eigenvalue weighted by Gasteiger charge is 2.73. The Morgan fingerprint density at radius 1 is 0.868 bits per heavy atom. The summed E-state index contributed by atoms with van der Waals surface area (Å²) in [7, 11) is 0. The number of imide groups is 1. The van der Waals surface area contributed by atoms with Crippen LogP contribution >= 0.6 is 39.1 Å². The van der Waals surface area contributed by atoms with Gasteiger partial charge < -0.3 is 5.32 Å². The molecule has 4 aliphatic rings. The normalized spacial score (nSPS) is 27.7. The van der Waals surface area contributed by atoms with Gasteiger partial charge in [-0.25, -0.2) is 0 Å². The van der Waals surface area contributed by atoms with Crippen molar-refractivity contribution in [2.75, 3.05) is 5.32 Å². The van der Waals surface area contributed by atoms with Gasteiger partial charge in [0.05, 0.1) is 11.8 Å². The number of likely N-dealkylation sites (tertiary alicyclic amines) is 1. The molecule has 1 saturated heterocycles. The first kappa shape index (κ1) is 25.6. The van der Waals surface area contributed by atoms with Crippen LogP contribution in [0.1, 0.15) is 41.7 Å². The van der Waals surface area contributed by atoms with E-state index >= 15 is 0 Å². The molecule has 1 N–H and O–H groups in total. The zero-order chi connectivity index (χ0) is 27.1. The highest BCUT2D eigenvalue weighted by Crippen LogP contribution is 2.69. The molecule has 3 aromatic rings. The molecular weight excluding hydrogens is 587 g/mol. The smallest absolute Gasteiger partial charge is 0.247 e. The first-order chi connectivity index (χ1) is 18.0. The monoisotopic (exact) mass is 610 g/mol. The van der Waals surface area contributed by atoms with Crippen LogP contribution in [0.25, 0.3) is 0 Å². The fourth-order valence-electron chi connectivity index (χ4n) is 6.65. The van der Waals surface area contributed by atoms with Crippen LogP contribution in [0, 0.1) is 24.7 Å². The third-order valence-corrected chi connectivity index (χ3v) is 10.0. The minimum atomic E-state index is -1.28. The van der Waals surface area contributed by atoms with Crippen molar-refractivity contribution >= 4 is 62.5 Å². The Morgan fingerprint density at radius 3 is 1.71 bits per heavy atom. The number of aryl methyl sites for hydroxylation is 1. The van der Waals surface area contributed by atoms with Crippen molar-refractivity contribution in [3.63, 3.8) is 0 Å². The zero-order valence-corrected chi connectivity index (χ0v) is 24.1. The molecule has 1 fully saturated rings. The van der Waals surface area contributed by atoms with Crippen LogP contribution in [0.5, 0.6) is 0 Å². The maximum atomic E-state index is 14.3. The molecule has 5 nitrogen and oxygen atoms in total. The molecule has 0 saturated carbocycles. The van der Waals surface area contributed by atoms with Crippen molar-refractivity contribution in [3.8, 4) is 0 Å². The highest BCUT2D eigenvalue weighted by molar-refractivity contribution is 9.10. The van der Waals surface area contributed by atoms with E-state index in [2.05, 4.69) is 21.2 Å². The number of hydrogen-bond acceptors (Lipinski definition) is 3. The lowest BCUT2D eigenvalue weighted by Gasteiger charge is -2.54. The molecule has 0 spiro atoms. The summed E-state index contributed by atoms with van der Waals surface area (Å²) in [4.78, 5) is 40.9. The quantitative estimate of drug-likeness (QED) is 0.278. The lowest BCUT2D eigenvalue weighted by atomic mass is 9.54. The standard InChI is InChI=1S/C30H25BrCl2N2O3/c1-15(2)25(26(36)34-22-13-12-17(31)14-16(22)3)35-27(37)23-24(28(35)38)30(33)19-9-5-4-8-18(19)29(23,32)20-10-6-7-11-21(20)30/h4-15,23-25H,1-3H3,(H,34,36)/t23-,24+,25-,29?,30?/m0/s1. The van der Waals surface area contributed by atoms with Gasteiger partial charge in [0.25, 0.3) is 0 Å². The Hall–Kier alpha value is -2.67. The molecule has 7 rings (SSSR count). The van der Waals surface area contributed by atoms with Crippen LogP contribution in [-0.2, 0) is 24.1 Å². The molecule has 3 atom stereocenters.